The van der Waals surface area contributed by atoms with Crippen LogP contribution in [0.4, 0.5) is 17.3 Å². The van der Waals surface area contributed by atoms with Crippen LogP contribution in [0.2, 0.25) is 5.02 Å². The molecule has 4 rings (SSSR count). The van der Waals surface area contributed by atoms with E-state index in [9.17, 15) is 9.90 Å². The fraction of sp³-hybridized carbons (Fsp3) is 0.500. The Hall–Kier alpha value is -2.62. The van der Waals surface area contributed by atoms with Crippen molar-refractivity contribution >= 4 is 34.9 Å². The van der Waals surface area contributed by atoms with Crippen LogP contribution in [0, 0.1) is 0 Å². The lowest BCUT2D eigenvalue weighted by atomic mass is 10.0. The van der Waals surface area contributed by atoms with Crippen LogP contribution in [0.1, 0.15) is 23.3 Å². The summed E-state index contributed by atoms with van der Waals surface area (Å²) in [5.41, 5.74) is 1.51. The van der Waals surface area contributed by atoms with Gasteiger partial charge < -0.3 is 25.0 Å². The molecule has 10 heteroatoms. The molecule has 2 aliphatic heterocycles. The summed E-state index contributed by atoms with van der Waals surface area (Å²) < 4.78 is 5.66. The van der Waals surface area contributed by atoms with E-state index in [1.54, 1.807) is 7.11 Å². The second kappa shape index (κ2) is 9.89. The van der Waals surface area contributed by atoms with Crippen LogP contribution in [0.3, 0.4) is 0 Å². The quantitative estimate of drug-likeness (QED) is 0.674. The first-order valence-electron chi connectivity index (χ1n) is 10.8. The van der Waals surface area contributed by atoms with Crippen molar-refractivity contribution in [2.24, 2.45) is 0 Å². The number of hydrogen-bond donors (Lipinski definition) is 2. The molecule has 2 aromatic rings. The second-order valence-corrected chi connectivity index (χ2v) is 8.67. The average Bonchev–Trinajstić information content (AvgIpc) is 2.81. The van der Waals surface area contributed by atoms with Crippen molar-refractivity contribution in [3.8, 4) is 5.75 Å². The highest BCUT2D eigenvalue weighted by Gasteiger charge is 2.27. The minimum atomic E-state index is -1.20. The number of carboxylic acid groups (broad SMARTS) is 1. The molecular weight excluding hydrogens is 432 g/mol. The van der Waals surface area contributed by atoms with Gasteiger partial charge in [0.05, 0.1) is 24.0 Å². The van der Waals surface area contributed by atoms with E-state index in [0.717, 1.165) is 37.6 Å². The van der Waals surface area contributed by atoms with Gasteiger partial charge in [0.25, 0.3) is 0 Å². The maximum Gasteiger partial charge on any atom is 0.356 e. The number of piperazine rings is 1. The second-order valence-electron chi connectivity index (χ2n) is 8.26. The summed E-state index contributed by atoms with van der Waals surface area (Å²) in [5.74, 6) is -0.295. The zero-order valence-electron chi connectivity index (χ0n) is 18.4. The highest BCUT2D eigenvalue weighted by Crippen LogP contribution is 2.33. The standard InChI is InChI=1S/C22H29ClN6O3/c1-27-7-5-16(6-8-27)28-9-11-29(12-10-28)18-4-3-15(13-19(18)32-2)25-22-24-14-17(23)20(26-22)21(30)31/h3-4,13-14,16H,5-12H2,1-2H3,(H,30,31)(H,24,25,26). The molecule has 3 heterocycles. The van der Waals surface area contributed by atoms with Gasteiger partial charge in [-0.1, -0.05) is 11.6 Å². The third kappa shape index (κ3) is 5.06. The number of likely N-dealkylation sites (tertiary alicyclic amines) is 1. The monoisotopic (exact) mass is 460 g/mol. The van der Waals surface area contributed by atoms with E-state index in [0.29, 0.717) is 11.7 Å². The van der Waals surface area contributed by atoms with E-state index in [4.69, 9.17) is 16.3 Å². The van der Waals surface area contributed by atoms with Gasteiger partial charge in [-0.3, -0.25) is 4.90 Å². The Kier molecular flexibility index (Phi) is 6.98. The van der Waals surface area contributed by atoms with Gasteiger partial charge >= 0.3 is 5.97 Å². The topological polar surface area (TPSA) is 94.1 Å². The number of anilines is 3. The van der Waals surface area contributed by atoms with Crippen LogP contribution in [0.15, 0.2) is 24.4 Å². The number of halogens is 1. The zero-order chi connectivity index (χ0) is 22.7. The molecule has 9 nitrogen and oxygen atoms in total. The van der Waals surface area contributed by atoms with Gasteiger partial charge in [-0.25, -0.2) is 14.8 Å². The SMILES string of the molecule is COc1cc(Nc2ncc(Cl)c(C(=O)O)n2)ccc1N1CCN(C2CCN(C)CC2)CC1. The van der Waals surface area contributed by atoms with Gasteiger partial charge in [0.2, 0.25) is 5.95 Å². The fourth-order valence-corrected chi connectivity index (χ4v) is 4.58. The number of aromatic carboxylic acids is 1. The summed E-state index contributed by atoms with van der Waals surface area (Å²) in [6.45, 7) is 6.37. The molecule has 172 valence electrons. The maximum atomic E-state index is 11.3. The third-order valence-electron chi connectivity index (χ3n) is 6.24. The van der Waals surface area contributed by atoms with Crippen molar-refractivity contribution in [2.75, 3.05) is 63.6 Å². The first kappa shape index (κ1) is 22.6. The first-order chi connectivity index (χ1) is 15.4. The first-order valence-corrected chi connectivity index (χ1v) is 11.2. The molecule has 0 aliphatic carbocycles. The lowest BCUT2D eigenvalue weighted by Crippen LogP contribution is -2.53. The van der Waals surface area contributed by atoms with Crippen LogP contribution in [0.5, 0.6) is 5.75 Å². The number of piperidine rings is 1. The molecule has 0 saturated carbocycles. The number of ether oxygens (including phenoxy) is 1. The molecule has 32 heavy (non-hydrogen) atoms. The summed E-state index contributed by atoms with van der Waals surface area (Å²) in [5, 5.41) is 12.2. The van der Waals surface area contributed by atoms with Crippen molar-refractivity contribution in [3.63, 3.8) is 0 Å². The summed E-state index contributed by atoms with van der Waals surface area (Å²) in [6, 6.07) is 6.49. The van der Waals surface area contributed by atoms with Crippen molar-refractivity contribution in [2.45, 2.75) is 18.9 Å². The average molecular weight is 461 g/mol. The number of hydrogen-bond acceptors (Lipinski definition) is 8. The Labute approximate surface area is 192 Å². The van der Waals surface area contributed by atoms with Gasteiger partial charge in [-0.15, -0.1) is 0 Å². The van der Waals surface area contributed by atoms with Gasteiger partial charge in [-0.2, -0.15) is 0 Å². The minimum absolute atomic E-state index is 0.00429. The van der Waals surface area contributed by atoms with E-state index in [-0.39, 0.29) is 16.7 Å². The number of methoxy groups -OCH3 is 1. The van der Waals surface area contributed by atoms with Gasteiger partial charge in [0, 0.05) is 44.0 Å². The molecule has 2 saturated heterocycles. The zero-order valence-corrected chi connectivity index (χ0v) is 19.2. The maximum absolute atomic E-state index is 11.3. The highest BCUT2D eigenvalue weighted by atomic mass is 35.5. The summed E-state index contributed by atoms with van der Waals surface area (Å²) in [6.07, 6.45) is 3.77. The summed E-state index contributed by atoms with van der Waals surface area (Å²) in [7, 11) is 3.85. The molecule has 0 atom stereocenters. The van der Waals surface area contributed by atoms with Gasteiger partial charge in [0.1, 0.15) is 5.75 Å². The Morgan fingerprint density at radius 2 is 1.91 bits per heavy atom. The molecule has 0 bridgehead atoms. The molecule has 1 aromatic heterocycles. The van der Waals surface area contributed by atoms with E-state index in [2.05, 4.69) is 37.0 Å². The van der Waals surface area contributed by atoms with E-state index < -0.39 is 5.97 Å². The van der Waals surface area contributed by atoms with Crippen molar-refractivity contribution in [1.82, 2.24) is 19.8 Å². The van der Waals surface area contributed by atoms with Crippen LogP contribution in [-0.4, -0.2) is 90.3 Å². The van der Waals surface area contributed by atoms with Gasteiger partial charge in [-0.05, 0) is 45.1 Å². The molecule has 0 radical (unpaired) electrons. The molecule has 0 spiro atoms. The summed E-state index contributed by atoms with van der Waals surface area (Å²) >= 11 is 5.85. The molecule has 0 amide bonds. The van der Waals surface area contributed by atoms with Crippen molar-refractivity contribution < 1.29 is 14.6 Å². The van der Waals surface area contributed by atoms with Gasteiger partial charge in [0.15, 0.2) is 5.69 Å². The van der Waals surface area contributed by atoms with Crippen LogP contribution in [-0.2, 0) is 0 Å². The number of benzene rings is 1. The number of nitrogens with zero attached hydrogens (tertiary/aromatic N) is 5. The third-order valence-corrected chi connectivity index (χ3v) is 6.52. The minimum Gasteiger partial charge on any atom is -0.495 e. The van der Waals surface area contributed by atoms with Crippen LogP contribution < -0.4 is 15.0 Å². The number of carboxylic acids is 1. The van der Waals surface area contributed by atoms with Crippen molar-refractivity contribution in [1.29, 1.82) is 0 Å². The highest BCUT2D eigenvalue weighted by molar-refractivity contribution is 6.33. The molecule has 2 aliphatic rings. The molecule has 0 unspecified atom stereocenters. The predicted octanol–water partition coefficient (Wildman–Crippen LogP) is 2.80. The number of rotatable bonds is 6. The van der Waals surface area contributed by atoms with E-state index >= 15 is 0 Å². The van der Waals surface area contributed by atoms with E-state index in [1.807, 2.05) is 18.2 Å². The Morgan fingerprint density at radius 1 is 1.19 bits per heavy atom. The molecular formula is C22H29ClN6O3. The number of nitrogens with one attached hydrogen (secondary N) is 1. The normalized spacial score (nSPS) is 18.5. The molecule has 2 fully saturated rings. The number of aromatic nitrogens is 2. The smallest absolute Gasteiger partial charge is 0.356 e. The van der Waals surface area contributed by atoms with Crippen LogP contribution in [0.25, 0.3) is 0 Å². The van der Waals surface area contributed by atoms with Crippen LogP contribution >= 0.6 is 11.6 Å². The number of carbonyl (C=O) groups is 1. The fourth-order valence-electron chi connectivity index (χ4n) is 4.41. The van der Waals surface area contributed by atoms with Crippen molar-refractivity contribution in [3.05, 3.63) is 35.1 Å². The lowest BCUT2D eigenvalue weighted by molar-refractivity contribution is 0.0690. The molecule has 1 aromatic carbocycles. The predicted molar refractivity (Wildman–Crippen MR) is 125 cm³/mol. The Bertz CT molecular complexity index is 959. The summed E-state index contributed by atoms with van der Waals surface area (Å²) in [4.78, 5) is 26.7. The molecule has 2 N–H and O–H groups in total. The van der Waals surface area contributed by atoms with E-state index in [1.165, 1.54) is 32.1 Å². The Morgan fingerprint density at radius 3 is 2.56 bits per heavy atom. The lowest BCUT2D eigenvalue weighted by Gasteiger charge is -2.43. The largest absolute Gasteiger partial charge is 0.495 e. The Balaban J connectivity index is 1.42.